The number of guanidine groups is 1. The van der Waals surface area contributed by atoms with Crippen molar-refractivity contribution < 1.29 is 4.79 Å². The van der Waals surface area contributed by atoms with Crippen LogP contribution in [0.2, 0.25) is 0 Å². The fourth-order valence-electron chi connectivity index (χ4n) is 0.516. The minimum atomic E-state index is -0.0406. The summed E-state index contributed by atoms with van der Waals surface area (Å²) in [5, 5.41) is 7.07. The Balaban J connectivity index is 3.88. The molecule has 0 radical (unpaired) electrons. The van der Waals surface area contributed by atoms with E-state index in [-0.39, 0.29) is 18.3 Å². The van der Waals surface area contributed by atoms with Gasteiger partial charge in [-0.2, -0.15) is 0 Å². The molecule has 0 fully saturated rings. The van der Waals surface area contributed by atoms with E-state index >= 15 is 0 Å². The van der Waals surface area contributed by atoms with Gasteiger partial charge >= 0.3 is 0 Å². The van der Waals surface area contributed by atoms with Crippen LogP contribution >= 0.6 is 22.6 Å². The second-order valence-electron chi connectivity index (χ2n) is 2.09. The number of Topliss-reactive ketones (excluding diaryl/α,β-unsaturated/α-hetero) is 1. The van der Waals surface area contributed by atoms with Gasteiger partial charge in [0.25, 0.3) is 0 Å². The maximum atomic E-state index is 10.9. The number of nitrogens with two attached hydrogens (primary N) is 1. The van der Waals surface area contributed by atoms with Gasteiger partial charge in [0.1, 0.15) is 0 Å². The molecule has 0 saturated heterocycles. The van der Waals surface area contributed by atoms with Gasteiger partial charge in [-0.05, 0) is 0 Å². The van der Waals surface area contributed by atoms with Crippen molar-refractivity contribution in [2.24, 2.45) is 5.73 Å². The Kier molecular flexibility index (Phi) is 5.18. The monoisotopic (exact) mass is 269 g/mol. The molecular formula is C6H12IN3O. The zero-order valence-electron chi connectivity index (χ0n) is 6.43. The lowest BCUT2D eigenvalue weighted by atomic mass is 10.3. The summed E-state index contributed by atoms with van der Waals surface area (Å²) in [4.78, 5) is 12.4. The summed E-state index contributed by atoms with van der Waals surface area (Å²) < 4.78 is 0.582. The molecule has 0 bridgehead atoms. The zero-order chi connectivity index (χ0) is 8.85. The summed E-state index contributed by atoms with van der Waals surface area (Å²) in [7, 11) is 0. The van der Waals surface area contributed by atoms with Crippen LogP contribution < -0.4 is 5.73 Å². The van der Waals surface area contributed by atoms with Crippen LogP contribution in [0.3, 0.4) is 0 Å². The van der Waals surface area contributed by atoms with Crippen LogP contribution in [0, 0.1) is 5.41 Å². The van der Waals surface area contributed by atoms with E-state index in [1.807, 2.05) is 0 Å². The van der Waals surface area contributed by atoms with Crippen LogP contribution in [0.1, 0.15) is 13.3 Å². The maximum Gasteiger partial charge on any atom is 0.189 e. The van der Waals surface area contributed by atoms with Gasteiger partial charge in [0, 0.05) is 6.42 Å². The smallest absolute Gasteiger partial charge is 0.189 e. The second kappa shape index (κ2) is 5.34. The Morgan fingerprint density at radius 3 is 2.55 bits per heavy atom. The van der Waals surface area contributed by atoms with E-state index in [0.717, 1.165) is 0 Å². The lowest BCUT2D eigenvalue weighted by Crippen LogP contribution is -2.38. The Morgan fingerprint density at radius 1 is 1.73 bits per heavy atom. The van der Waals surface area contributed by atoms with Gasteiger partial charge in [-0.3, -0.25) is 10.2 Å². The van der Waals surface area contributed by atoms with Crippen molar-refractivity contribution in [2.45, 2.75) is 13.3 Å². The molecular weight excluding hydrogens is 257 g/mol. The maximum absolute atomic E-state index is 10.9. The largest absolute Gasteiger partial charge is 0.370 e. The fourth-order valence-corrected chi connectivity index (χ4v) is 1.13. The number of carbonyl (C=O) groups is 1. The molecule has 0 unspecified atom stereocenters. The average molecular weight is 269 g/mol. The van der Waals surface area contributed by atoms with E-state index < -0.39 is 0 Å². The van der Waals surface area contributed by atoms with Crippen LogP contribution in [0.25, 0.3) is 0 Å². The second-order valence-corrected chi connectivity index (χ2v) is 2.78. The van der Waals surface area contributed by atoms with E-state index in [1.54, 1.807) is 6.92 Å². The molecule has 11 heavy (non-hydrogen) atoms. The van der Waals surface area contributed by atoms with Gasteiger partial charge in [-0.25, -0.2) is 0 Å². The summed E-state index contributed by atoms with van der Waals surface area (Å²) in [6.45, 7) is 2.06. The number of carbonyl (C=O) groups excluding carboxylic acids is 1. The van der Waals surface area contributed by atoms with Crippen LogP contribution in [0.15, 0.2) is 0 Å². The molecule has 5 heteroatoms. The quantitative estimate of drug-likeness (QED) is 0.257. The van der Waals surface area contributed by atoms with Crippen molar-refractivity contribution in [3.05, 3.63) is 0 Å². The summed E-state index contributed by atoms with van der Waals surface area (Å²) in [5.41, 5.74) is 5.20. The van der Waals surface area contributed by atoms with E-state index in [9.17, 15) is 4.79 Å². The minimum Gasteiger partial charge on any atom is -0.370 e. The minimum absolute atomic E-state index is 0.0406. The van der Waals surface area contributed by atoms with Gasteiger partial charge in [0.2, 0.25) is 0 Å². The summed E-state index contributed by atoms with van der Waals surface area (Å²) in [6, 6.07) is 0. The Hall–Kier alpha value is -0.330. The van der Waals surface area contributed by atoms with Crippen molar-refractivity contribution in [2.75, 3.05) is 11.1 Å². The van der Waals surface area contributed by atoms with Gasteiger partial charge in [0.15, 0.2) is 11.7 Å². The Morgan fingerprint density at radius 2 is 2.27 bits per heavy atom. The highest BCUT2D eigenvalue weighted by atomic mass is 127. The number of rotatable bonds is 4. The van der Waals surface area contributed by atoms with Crippen LogP contribution in [0.5, 0.6) is 0 Å². The summed E-state index contributed by atoms with van der Waals surface area (Å²) in [5.74, 6) is 0.0677. The third kappa shape index (κ3) is 4.18. The molecule has 0 heterocycles. The Bertz CT molecular complexity index is 160. The van der Waals surface area contributed by atoms with E-state index in [1.165, 1.54) is 4.90 Å². The third-order valence-corrected chi connectivity index (χ3v) is 2.07. The van der Waals surface area contributed by atoms with Crippen molar-refractivity contribution >= 4 is 34.3 Å². The number of ketones is 1. The molecule has 0 aromatic heterocycles. The van der Waals surface area contributed by atoms with Crippen molar-refractivity contribution in [3.8, 4) is 0 Å². The lowest BCUT2D eigenvalue weighted by Gasteiger charge is -2.17. The molecule has 0 aromatic carbocycles. The SMILES string of the molecule is CCC(=O)CN(CI)C(=N)N. The van der Waals surface area contributed by atoms with E-state index in [0.29, 0.717) is 11.0 Å². The van der Waals surface area contributed by atoms with Gasteiger partial charge in [-0.1, -0.05) is 29.5 Å². The van der Waals surface area contributed by atoms with Gasteiger partial charge in [-0.15, -0.1) is 0 Å². The molecule has 0 amide bonds. The van der Waals surface area contributed by atoms with Crippen LogP contribution in [0.4, 0.5) is 0 Å². The molecule has 0 atom stereocenters. The highest BCUT2D eigenvalue weighted by Gasteiger charge is 2.07. The number of alkyl halides is 1. The van der Waals surface area contributed by atoms with E-state index in [2.05, 4.69) is 22.6 Å². The van der Waals surface area contributed by atoms with Crippen LogP contribution in [-0.4, -0.2) is 27.7 Å². The molecule has 0 aromatic rings. The number of halogens is 1. The molecule has 0 spiro atoms. The van der Waals surface area contributed by atoms with Gasteiger partial charge in [0.05, 0.1) is 11.1 Å². The molecule has 4 nitrogen and oxygen atoms in total. The first-order valence-corrected chi connectivity index (χ1v) is 4.81. The van der Waals surface area contributed by atoms with Crippen molar-refractivity contribution in [3.63, 3.8) is 0 Å². The Labute approximate surface area is 79.8 Å². The normalized spacial score (nSPS) is 9.27. The van der Waals surface area contributed by atoms with Crippen LogP contribution in [-0.2, 0) is 4.79 Å². The third-order valence-electron chi connectivity index (χ3n) is 1.25. The summed E-state index contributed by atoms with van der Waals surface area (Å²) >= 11 is 2.07. The summed E-state index contributed by atoms with van der Waals surface area (Å²) in [6.07, 6.45) is 0.500. The molecule has 0 aliphatic carbocycles. The molecule has 64 valence electrons. The topological polar surface area (TPSA) is 70.2 Å². The first-order chi connectivity index (χ1) is 5.11. The number of nitrogens with zero attached hydrogens (tertiary/aromatic N) is 1. The predicted octanol–water partition coefficient (Wildman–Crippen LogP) is 0.553. The standard InChI is InChI=1S/C6H12IN3O/c1-2-5(11)3-10(4-7)6(8)9/h2-4H2,1H3,(H3,8,9). The first-order valence-electron chi connectivity index (χ1n) is 3.28. The van der Waals surface area contributed by atoms with Crippen molar-refractivity contribution in [1.82, 2.24) is 4.90 Å². The average Bonchev–Trinajstić information content (AvgIpc) is 1.99. The molecule has 0 rings (SSSR count). The lowest BCUT2D eigenvalue weighted by molar-refractivity contribution is -0.118. The van der Waals surface area contributed by atoms with Gasteiger partial charge < -0.3 is 10.6 Å². The first kappa shape index (κ1) is 10.7. The number of hydrogen-bond donors (Lipinski definition) is 2. The zero-order valence-corrected chi connectivity index (χ0v) is 8.59. The number of hydrogen-bond acceptors (Lipinski definition) is 2. The molecule has 3 N–H and O–H groups in total. The highest BCUT2D eigenvalue weighted by molar-refractivity contribution is 14.1. The molecule has 0 saturated carbocycles. The van der Waals surface area contributed by atoms with E-state index in [4.69, 9.17) is 11.1 Å². The fraction of sp³-hybridized carbons (Fsp3) is 0.667. The number of nitrogens with one attached hydrogen (secondary N) is 1. The molecule has 0 aliphatic heterocycles. The highest BCUT2D eigenvalue weighted by Crippen LogP contribution is 1.94. The van der Waals surface area contributed by atoms with Crippen molar-refractivity contribution in [1.29, 1.82) is 5.41 Å². The molecule has 0 aliphatic rings. The predicted molar refractivity (Wildman–Crippen MR) is 52.8 cm³/mol.